The van der Waals surface area contributed by atoms with Gasteiger partial charge in [0, 0.05) is 37.9 Å². The third-order valence-corrected chi connectivity index (χ3v) is 6.27. The number of carbonyl (C=O) groups is 2. The quantitative estimate of drug-likeness (QED) is 0.844. The molecule has 3 fully saturated rings. The Morgan fingerprint density at radius 3 is 2.52 bits per heavy atom. The van der Waals surface area contributed by atoms with E-state index in [1.807, 2.05) is 9.80 Å². The van der Waals surface area contributed by atoms with Crippen molar-refractivity contribution in [1.29, 1.82) is 0 Å². The molecule has 2 aliphatic heterocycles. The standard InChI is InChI=1S/C19H32N2O4/c1-3-4-14(2)21-13-19(25-18(21)24)9-11-20(12-10-19)17(23)15-5-7-16(22)8-6-15/h14-16,22H,3-13H2,1-2H3. The number of rotatable bonds is 4. The minimum Gasteiger partial charge on any atom is -0.441 e. The van der Waals surface area contributed by atoms with Crippen molar-refractivity contribution >= 4 is 12.0 Å². The Hall–Kier alpha value is -1.30. The van der Waals surface area contributed by atoms with Gasteiger partial charge in [-0.2, -0.15) is 0 Å². The number of aliphatic hydroxyl groups excluding tert-OH is 1. The number of ether oxygens (including phenoxy) is 1. The van der Waals surface area contributed by atoms with E-state index < -0.39 is 5.60 Å². The maximum Gasteiger partial charge on any atom is 0.410 e. The molecule has 2 amide bonds. The van der Waals surface area contributed by atoms with Crippen LogP contribution in [0.1, 0.15) is 65.2 Å². The third-order valence-electron chi connectivity index (χ3n) is 6.27. The maximum absolute atomic E-state index is 12.7. The van der Waals surface area contributed by atoms with Crippen LogP contribution in [0.3, 0.4) is 0 Å². The van der Waals surface area contributed by atoms with E-state index in [2.05, 4.69) is 13.8 Å². The molecule has 1 spiro atoms. The number of aliphatic hydroxyl groups is 1. The molecule has 3 aliphatic rings. The van der Waals surface area contributed by atoms with Crippen LogP contribution in [0, 0.1) is 5.92 Å². The minimum atomic E-state index is -0.404. The van der Waals surface area contributed by atoms with Gasteiger partial charge in [0.05, 0.1) is 12.6 Å². The zero-order chi connectivity index (χ0) is 18.0. The van der Waals surface area contributed by atoms with E-state index in [9.17, 15) is 14.7 Å². The van der Waals surface area contributed by atoms with Crippen molar-refractivity contribution in [1.82, 2.24) is 9.80 Å². The number of amides is 2. The van der Waals surface area contributed by atoms with Crippen LogP contribution < -0.4 is 0 Å². The van der Waals surface area contributed by atoms with Gasteiger partial charge in [-0.15, -0.1) is 0 Å². The Morgan fingerprint density at radius 1 is 1.28 bits per heavy atom. The van der Waals surface area contributed by atoms with Crippen LogP contribution >= 0.6 is 0 Å². The average molecular weight is 352 g/mol. The highest BCUT2D eigenvalue weighted by Gasteiger charge is 2.48. The van der Waals surface area contributed by atoms with E-state index in [1.54, 1.807) is 0 Å². The van der Waals surface area contributed by atoms with Crippen LogP contribution in [0.2, 0.25) is 0 Å². The summed E-state index contributed by atoms with van der Waals surface area (Å²) in [6, 6.07) is 0.213. The lowest BCUT2D eigenvalue weighted by molar-refractivity contribution is -0.140. The molecular weight excluding hydrogens is 320 g/mol. The van der Waals surface area contributed by atoms with E-state index in [-0.39, 0.29) is 30.1 Å². The maximum atomic E-state index is 12.7. The molecule has 0 aromatic carbocycles. The first-order valence-electron chi connectivity index (χ1n) is 9.90. The fourth-order valence-electron chi connectivity index (χ4n) is 4.54. The van der Waals surface area contributed by atoms with Gasteiger partial charge in [-0.3, -0.25) is 4.79 Å². The molecule has 0 aromatic rings. The van der Waals surface area contributed by atoms with E-state index in [1.165, 1.54) is 0 Å². The van der Waals surface area contributed by atoms with Gasteiger partial charge in [-0.1, -0.05) is 13.3 Å². The van der Waals surface area contributed by atoms with Crippen LogP contribution in [-0.2, 0) is 9.53 Å². The molecule has 25 heavy (non-hydrogen) atoms. The predicted molar refractivity (Wildman–Crippen MR) is 94.1 cm³/mol. The molecule has 0 bridgehead atoms. The van der Waals surface area contributed by atoms with Crippen molar-refractivity contribution in [3.63, 3.8) is 0 Å². The summed E-state index contributed by atoms with van der Waals surface area (Å²) in [5.74, 6) is 0.284. The SMILES string of the molecule is CCCC(C)N1CC2(CCN(C(=O)C3CCC(O)CC3)CC2)OC1=O. The number of likely N-dealkylation sites (tertiary alicyclic amines) is 1. The van der Waals surface area contributed by atoms with Gasteiger partial charge in [0.25, 0.3) is 0 Å². The largest absolute Gasteiger partial charge is 0.441 e. The van der Waals surface area contributed by atoms with Crippen molar-refractivity contribution in [3.8, 4) is 0 Å². The highest BCUT2D eigenvalue weighted by Crippen LogP contribution is 2.36. The second kappa shape index (κ2) is 7.52. The Morgan fingerprint density at radius 2 is 1.92 bits per heavy atom. The Bertz CT molecular complexity index is 494. The summed E-state index contributed by atoms with van der Waals surface area (Å²) in [5, 5.41) is 9.61. The first kappa shape index (κ1) is 18.5. The predicted octanol–water partition coefficient (Wildman–Crippen LogP) is 2.54. The van der Waals surface area contributed by atoms with Crippen LogP contribution in [0.25, 0.3) is 0 Å². The number of hydrogen-bond donors (Lipinski definition) is 1. The monoisotopic (exact) mass is 352 g/mol. The highest BCUT2D eigenvalue weighted by molar-refractivity contribution is 5.79. The molecule has 1 aliphatic carbocycles. The summed E-state index contributed by atoms with van der Waals surface area (Å²) in [7, 11) is 0. The molecule has 6 nitrogen and oxygen atoms in total. The molecule has 0 aromatic heterocycles. The summed E-state index contributed by atoms with van der Waals surface area (Å²) in [6.07, 6.45) is 6.12. The minimum absolute atomic E-state index is 0.0599. The van der Waals surface area contributed by atoms with E-state index >= 15 is 0 Å². The fourth-order valence-corrected chi connectivity index (χ4v) is 4.54. The van der Waals surface area contributed by atoms with Crippen molar-refractivity contribution in [2.24, 2.45) is 5.92 Å². The van der Waals surface area contributed by atoms with Gasteiger partial charge in [-0.05, 0) is 39.0 Å². The summed E-state index contributed by atoms with van der Waals surface area (Å²) in [4.78, 5) is 28.8. The lowest BCUT2D eigenvalue weighted by Crippen LogP contribution is -2.50. The van der Waals surface area contributed by atoms with Gasteiger partial charge < -0.3 is 19.6 Å². The van der Waals surface area contributed by atoms with E-state index in [4.69, 9.17) is 4.74 Å². The molecule has 2 heterocycles. The molecule has 0 radical (unpaired) electrons. The van der Waals surface area contributed by atoms with Gasteiger partial charge in [-0.25, -0.2) is 4.79 Å². The van der Waals surface area contributed by atoms with Crippen molar-refractivity contribution in [2.45, 2.75) is 83.0 Å². The second-order valence-electron chi connectivity index (χ2n) is 8.15. The van der Waals surface area contributed by atoms with Crippen LogP contribution in [0.15, 0.2) is 0 Å². The molecule has 1 unspecified atom stereocenters. The summed E-state index contributed by atoms with van der Waals surface area (Å²) < 4.78 is 5.77. The second-order valence-corrected chi connectivity index (χ2v) is 8.15. The first-order valence-corrected chi connectivity index (χ1v) is 9.90. The molecule has 6 heteroatoms. The lowest BCUT2D eigenvalue weighted by atomic mass is 9.85. The molecule has 2 saturated heterocycles. The van der Waals surface area contributed by atoms with Crippen LogP contribution in [-0.4, -0.2) is 64.3 Å². The van der Waals surface area contributed by atoms with Crippen LogP contribution in [0.5, 0.6) is 0 Å². The summed E-state index contributed by atoms with van der Waals surface area (Å²) >= 11 is 0. The van der Waals surface area contributed by atoms with Gasteiger partial charge in [0.2, 0.25) is 5.91 Å². The van der Waals surface area contributed by atoms with Crippen molar-refractivity contribution in [2.75, 3.05) is 19.6 Å². The van der Waals surface area contributed by atoms with Gasteiger partial charge in [0.1, 0.15) is 5.60 Å². The lowest BCUT2D eigenvalue weighted by Gasteiger charge is -2.39. The van der Waals surface area contributed by atoms with Crippen molar-refractivity contribution in [3.05, 3.63) is 0 Å². The van der Waals surface area contributed by atoms with E-state index in [0.717, 1.165) is 51.4 Å². The number of carbonyl (C=O) groups excluding carboxylic acids is 2. The zero-order valence-corrected chi connectivity index (χ0v) is 15.6. The third kappa shape index (κ3) is 3.94. The normalized spacial score (nSPS) is 30.4. The van der Waals surface area contributed by atoms with Gasteiger partial charge >= 0.3 is 6.09 Å². The first-order chi connectivity index (χ1) is 11.9. The molecule has 1 atom stereocenters. The Kier molecular flexibility index (Phi) is 5.56. The van der Waals surface area contributed by atoms with E-state index in [0.29, 0.717) is 19.6 Å². The summed E-state index contributed by atoms with van der Waals surface area (Å²) in [5.41, 5.74) is -0.404. The van der Waals surface area contributed by atoms with Gasteiger partial charge in [0.15, 0.2) is 0 Å². The number of nitrogens with zero attached hydrogens (tertiary/aromatic N) is 2. The highest BCUT2D eigenvalue weighted by atomic mass is 16.6. The van der Waals surface area contributed by atoms with Crippen LogP contribution in [0.4, 0.5) is 4.79 Å². The molecule has 3 rings (SSSR count). The summed E-state index contributed by atoms with van der Waals surface area (Å²) in [6.45, 7) is 6.20. The molecule has 1 saturated carbocycles. The Balaban J connectivity index is 1.53. The molecule has 142 valence electrons. The van der Waals surface area contributed by atoms with Crippen molar-refractivity contribution < 1.29 is 19.4 Å². The zero-order valence-electron chi connectivity index (χ0n) is 15.6. The fraction of sp³-hybridized carbons (Fsp3) is 0.895. The molecule has 1 N–H and O–H groups in total. The smallest absolute Gasteiger partial charge is 0.410 e. The average Bonchev–Trinajstić information content (AvgIpc) is 2.92. The molecular formula is C19H32N2O4. The number of piperidine rings is 1. The number of hydrogen-bond acceptors (Lipinski definition) is 4. The Labute approximate surface area is 150 Å². The topological polar surface area (TPSA) is 70.1 Å².